The van der Waals surface area contributed by atoms with Crippen LogP contribution in [0.3, 0.4) is 0 Å². The van der Waals surface area contributed by atoms with Crippen LogP contribution >= 0.6 is 0 Å². The summed E-state index contributed by atoms with van der Waals surface area (Å²) in [4.78, 5) is 7.32. The molecule has 0 radical (unpaired) electrons. The van der Waals surface area contributed by atoms with Crippen molar-refractivity contribution >= 4 is 27.5 Å². The first-order chi connectivity index (χ1) is 13.8. The number of hydrogen-bond acceptors (Lipinski definition) is 5. The molecule has 5 nitrogen and oxygen atoms in total. The van der Waals surface area contributed by atoms with Crippen molar-refractivity contribution in [1.82, 2.24) is 9.88 Å². The smallest absolute Gasteiger partial charge is 0.0730 e. The molecule has 0 aliphatic rings. The molecular formula is C23H33N5. The van der Waals surface area contributed by atoms with E-state index in [9.17, 15) is 0 Å². The normalized spacial score (nSPS) is 11.5. The molecule has 1 aromatic heterocycles. The van der Waals surface area contributed by atoms with Gasteiger partial charge in [0.1, 0.15) is 0 Å². The van der Waals surface area contributed by atoms with Gasteiger partial charge in [0.15, 0.2) is 0 Å². The van der Waals surface area contributed by atoms with E-state index < -0.39 is 0 Å². The fourth-order valence-corrected chi connectivity index (χ4v) is 3.68. The second kappa shape index (κ2) is 11.0. The van der Waals surface area contributed by atoms with E-state index in [1.807, 2.05) is 12.1 Å². The minimum atomic E-state index is 0.751. The Balaban J connectivity index is 1.65. The third kappa shape index (κ3) is 5.41. The molecule has 0 spiro atoms. The highest BCUT2D eigenvalue weighted by molar-refractivity contribution is 6.07. The van der Waals surface area contributed by atoms with Crippen molar-refractivity contribution < 1.29 is 0 Å². The summed E-state index contributed by atoms with van der Waals surface area (Å²) in [5, 5.41) is 6.07. The number of para-hydroxylation sites is 2. The van der Waals surface area contributed by atoms with Crippen molar-refractivity contribution in [3.63, 3.8) is 0 Å². The van der Waals surface area contributed by atoms with Gasteiger partial charge in [-0.2, -0.15) is 0 Å². The van der Waals surface area contributed by atoms with Crippen LogP contribution in [0.1, 0.15) is 25.7 Å². The predicted molar refractivity (Wildman–Crippen MR) is 121 cm³/mol. The maximum Gasteiger partial charge on any atom is 0.0730 e. The number of rotatable bonds is 12. The highest BCUT2D eigenvalue weighted by atomic mass is 15.1. The largest absolute Gasteiger partial charge is 0.384 e. The number of fused-ring (bicyclic) bond motifs is 2. The Bertz CT molecular complexity index is 810. The quantitative estimate of drug-likeness (QED) is 0.331. The van der Waals surface area contributed by atoms with Gasteiger partial charge in [-0.05, 0) is 70.5 Å². The van der Waals surface area contributed by atoms with Crippen molar-refractivity contribution in [2.45, 2.75) is 25.7 Å². The summed E-state index contributed by atoms with van der Waals surface area (Å²) >= 11 is 0. The highest BCUT2D eigenvalue weighted by Crippen LogP contribution is 2.30. The predicted octanol–water partition coefficient (Wildman–Crippen LogP) is 3.58. The van der Waals surface area contributed by atoms with Gasteiger partial charge in [0.25, 0.3) is 0 Å². The van der Waals surface area contributed by atoms with E-state index in [0.717, 1.165) is 76.0 Å². The van der Waals surface area contributed by atoms with Crippen molar-refractivity contribution in [3.05, 3.63) is 48.5 Å². The van der Waals surface area contributed by atoms with Crippen molar-refractivity contribution in [2.24, 2.45) is 11.5 Å². The molecule has 0 saturated carbocycles. The Morgan fingerprint density at radius 2 is 1.29 bits per heavy atom. The number of nitrogens with one attached hydrogen (secondary N) is 1. The van der Waals surface area contributed by atoms with E-state index in [-0.39, 0.29) is 0 Å². The van der Waals surface area contributed by atoms with Gasteiger partial charge < -0.3 is 21.7 Å². The maximum absolute atomic E-state index is 5.70. The number of unbranched alkanes of at least 4 members (excludes halogenated alkanes) is 1. The highest BCUT2D eigenvalue weighted by Gasteiger charge is 2.09. The summed E-state index contributed by atoms with van der Waals surface area (Å²) in [6.45, 7) is 5.72. The Morgan fingerprint density at radius 1 is 0.714 bits per heavy atom. The van der Waals surface area contributed by atoms with Crippen LogP contribution in [0.25, 0.3) is 21.8 Å². The molecule has 150 valence electrons. The Hall–Kier alpha value is -2.21. The van der Waals surface area contributed by atoms with Gasteiger partial charge >= 0.3 is 0 Å². The zero-order valence-electron chi connectivity index (χ0n) is 16.7. The third-order valence-corrected chi connectivity index (χ3v) is 5.15. The van der Waals surface area contributed by atoms with Crippen molar-refractivity contribution in [3.8, 4) is 0 Å². The Kier molecular flexibility index (Phi) is 8.03. The maximum atomic E-state index is 5.70. The molecule has 0 saturated heterocycles. The molecule has 5 heteroatoms. The van der Waals surface area contributed by atoms with Crippen LogP contribution in [0, 0.1) is 0 Å². The molecule has 2 aromatic carbocycles. The summed E-state index contributed by atoms with van der Waals surface area (Å²) in [7, 11) is 0. The lowest BCUT2D eigenvalue weighted by molar-refractivity contribution is 0.266. The first-order valence-corrected chi connectivity index (χ1v) is 10.5. The monoisotopic (exact) mass is 379 g/mol. The first-order valence-electron chi connectivity index (χ1n) is 10.5. The van der Waals surface area contributed by atoms with Gasteiger partial charge in [0.2, 0.25) is 0 Å². The van der Waals surface area contributed by atoms with Gasteiger partial charge in [-0.25, -0.2) is 4.98 Å². The van der Waals surface area contributed by atoms with E-state index >= 15 is 0 Å². The Morgan fingerprint density at radius 3 is 1.93 bits per heavy atom. The second-order valence-corrected chi connectivity index (χ2v) is 7.28. The molecule has 0 aliphatic heterocycles. The minimum Gasteiger partial charge on any atom is -0.384 e. The van der Waals surface area contributed by atoms with Crippen LogP contribution in [0.4, 0.5) is 5.69 Å². The lowest BCUT2D eigenvalue weighted by Crippen LogP contribution is -2.30. The number of hydrogen-bond donors (Lipinski definition) is 3. The zero-order chi connectivity index (χ0) is 19.6. The third-order valence-electron chi connectivity index (χ3n) is 5.15. The van der Waals surface area contributed by atoms with Crippen molar-refractivity contribution in [2.75, 3.05) is 44.6 Å². The topological polar surface area (TPSA) is 80.2 Å². The van der Waals surface area contributed by atoms with Gasteiger partial charge in [-0.3, -0.25) is 0 Å². The molecule has 0 fully saturated rings. The average molecular weight is 380 g/mol. The lowest BCUT2D eigenvalue weighted by atomic mass is 10.1. The molecule has 5 N–H and O–H groups in total. The van der Waals surface area contributed by atoms with E-state index in [2.05, 4.69) is 46.6 Å². The number of aromatic nitrogens is 1. The standard InChI is InChI=1S/C23H33N5/c24-13-5-6-16-28(17-7-14-25)18-8-15-26-23-19-9-1-3-11-21(19)27-22-12-4-2-10-20(22)23/h1-4,9-12H,5-8,13-18,24-25H2,(H,26,27). The number of nitrogens with zero attached hydrogens (tertiary/aromatic N) is 2. The summed E-state index contributed by atoms with van der Waals surface area (Å²) in [6.07, 6.45) is 4.40. The lowest BCUT2D eigenvalue weighted by Gasteiger charge is -2.22. The van der Waals surface area contributed by atoms with Crippen LogP contribution in [0.15, 0.2) is 48.5 Å². The fourth-order valence-electron chi connectivity index (χ4n) is 3.68. The Labute approximate surface area is 168 Å². The van der Waals surface area contributed by atoms with Gasteiger partial charge in [-0.1, -0.05) is 36.4 Å². The molecule has 0 bridgehead atoms. The zero-order valence-corrected chi connectivity index (χ0v) is 16.7. The first kappa shape index (κ1) is 20.5. The number of benzene rings is 2. The molecule has 0 aliphatic carbocycles. The summed E-state index contributed by atoms with van der Waals surface area (Å²) in [5.41, 5.74) is 14.6. The van der Waals surface area contributed by atoms with Crippen LogP contribution in [-0.2, 0) is 0 Å². The molecule has 1 heterocycles. The van der Waals surface area contributed by atoms with E-state index in [4.69, 9.17) is 16.5 Å². The average Bonchev–Trinajstić information content (AvgIpc) is 2.73. The van der Waals surface area contributed by atoms with Crippen LogP contribution in [0.2, 0.25) is 0 Å². The van der Waals surface area contributed by atoms with Crippen LogP contribution < -0.4 is 16.8 Å². The SMILES string of the molecule is NCCCCN(CCCN)CCCNc1c2ccccc2nc2ccccc12. The summed E-state index contributed by atoms with van der Waals surface area (Å²) in [5.74, 6) is 0. The fraction of sp³-hybridized carbons (Fsp3) is 0.435. The molecule has 3 rings (SSSR count). The van der Waals surface area contributed by atoms with Crippen LogP contribution in [0.5, 0.6) is 0 Å². The van der Waals surface area contributed by atoms with E-state index in [1.54, 1.807) is 0 Å². The number of anilines is 1. The molecular weight excluding hydrogens is 346 g/mol. The second-order valence-electron chi connectivity index (χ2n) is 7.28. The summed E-state index contributed by atoms with van der Waals surface area (Å²) < 4.78 is 0. The van der Waals surface area contributed by atoms with E-state index in [1.165, 1.54) is 16.5 Å². The molecule has 3 aromatic rings. The van der Waals surface area contributed by atoms with Gasteiger partial charge in [-0.15, -0.1) is 0 Å². The van der Waals surface area contributed by atoms with Gasteiger partial charge in [0.05, 0.1) is 16.7 Å². The molecule has 0 atom stereocenters. The minimum absolute atomic E-state index is 0.751. The number of nitrogens with two attached hydrogens (primary N) is 2. The van der Waals surface area contributed by atoms with Gasteiger partial charge in [0, 0.05) is 17.3 Å². The van der Waals surface area contributed by atoms with Crippen molar-refractivity contribution in [1.29, 1.82) is 0 Å². The molecule has 28 heavy (non-hydrogen) atoms. The summed E-state index contributed by atoms with van der Waals surface area (Å²) in [6, 6.07) is 16.7. The van der Waals surface area contributed by atoms with E-state index in [0.29, 0.717) is 0 Å². The van der Waals surface area contributed by atoms with Crippen LogP contribution in [-0.4, -0.2) is 49.2 Å². The molecule has 0 unspecified atom stereocenters. The number of pyridine rings is 1. The molecule has 0 amide bonds.